The molecule has 4 amide bonds. The van der Waals surface area contributed by atoms with Gasteiger partial charge in [-0.15, -0.1) is 11.3 Å². The van der Waals surface area contributed by atoms with Crippen molar-refractivity contribution in [3.05, 3.63) is 46.7 Å². The van der Waals surface area contributed by atoms with E-state index in [-0.39, 0.29) is 24.4 Å². The molecule has 0 bridgehead atoms. The summed E-state index contributed by atoms with van der Waals surface area (Å²) in [5, 5.41) is 12.0. The second kappa shape index (κ2) is 7.95. The normalized spacial score (nSPS) is 9.78. The standard InChI is InChI=1S/C15H16N4O3S/c1-16-15(22)19-11-6-4-10(5-7-11)18-13(20)9-17-14(21)12-3-2-8-23-12/h2-8H,9H2,1H3,(H,17,21)(H,18,20)(H2,16,19,22). The number of hydrogen-bond acceptors (Lipinski definition) is 4. The zero-order valence-corrected chi connectivity index (χ0v) is 13.2. The molecule has 1 aromatic heterocycles. The highest BCUT2D eigenvalue weighted by Crippen LogP contribution is 2.13. The van der Waals surface area contributed by atoms with Crippen molar-refractivity contribution in [2.24, 2.45) is 0 Å². The summed E-state index contributed by atoms with van der Waals surface area (Å²) in [6.07, 6.45) is 0. The van der Waals surface area contributed by atoms with Gasteiger partial charge in [0.25, 0.3) is 5.91 Å². The van der Waals surface area contributed by atoms with E-state index in [0.29, 0.717) is 16.3 Å². The van der Waals surface area contributed by atoms with Crippen LogP contribution in [0.25, 0.3) is 0 Å². The van der Waals surface area contributed by atoms with Gasteiger partial charge in [-0.2, -0.15) is 0 Å². The molecule has 0 aliphatic heterocycles. The summed E-state index contributed by atoms with van der Waals surface area (Å²) in [4.78, 5) is 35.2. The smallest absolute Gasteiger partial charge is 0.318 e. The summed E-state index contributed by atoms with van der Waals surface area (Å²) < 4.78 is 0. The largest absolute Gasteiger partial charge is 0.342 e. The van der Waals surface area contributed by atoms with E-state index < -0.39 is 0 Å². The number of thiophene rings is 1. The van der Waals surface area contributed by atoms with Gasteiger partial charge in [0.2, 0.25) is 5.91 Å². The maximum atomic E-state index is 11.8. The van der Waals surface area contributed by atoms with Gasteiger partial charge in [-0.05, 0) is 35.7 Å². The first-order chi connectivity index (χ1) is 11.1. The third-order valence-electron chi connectivity index (χ3n) is 2.81. The number of carbonyl (C=O) groups excluding carboxylic acids is 3. The van der Waals surface area contributed by atoms with Gasteiger partial charge in [0.15, 0.2) is 0 Å². The fraction of sp³-hybridized carbons (Fsp3) is 0.133. The fourth-order valence-electron chi connectivity index (χ4n) is 1.69. The van der Waals surface area contributed by atoms with Crippen LogP contribution in [0.3, 0.4) is 0 Å². The molecule has 8 heteroatoms. The summed E-state index contributed by atoms with van der Waals surface area (Å²) >= 11 is 1.31. The average molecular weight is 332 g/mol. The molecule has 1 heterocycles. The topological polar surface area (TPSA) is 99.3 Å². The van der Waals surface area contributed by atoms with Crippen LogP contribution in [-0.4, -0.2) is 31.4 Å². The second-order valence-corrected chi connectivity index (χ2v) is 5.44. The number of rotatable bonds is 5. The van der Waals surface area contributed by atoms with Gasteiger partial charge in [-0.3, -0.25) is 9.59 Å². The Morgan fingerprint density at radius 3 is 2.22 bits per heavy atom. The molecule has 1 aromatic carbocycles. The lowest BCUT2D eigenvalue weighted by atomic mass is 10.3. The van der Waals surface area contributed by atoms with Crippen molar-refractivity contribution in [2.45, 2.75) is 0 Å². The highest BCUT2D eigenvalue weighted by Gasteiger charge is 2.09. The van der Waals surface area contributed by atoms with Gasteiger partial charge < -0.3 is 21.3 Å². The quantitative estimate of drug-likeness (QED) is 0.672. The molecule has 2 aromatic rings. The van der Waals surface area contributed by atoms with Gasteiger partial charge in [-0.1, -0.05) is 6.07 Å². The van der Waals surface area contributed by atoms with Crippen molar-refractivity contribution in [3.63, 3.8) is 0 Å². The number of carbonyl (C=O) groups is 3. The van der Waals surface area contributed by atoms with Crippen LogP contribution in [0.4, 0.5) is 16.2 Å². The molecule has 0 spiro atoms. The Bertz CT molecular complexity index is 683. The zero-order chi connectivity index (χ0) is 16.7. The van der Waals surface area contributed by atoms with Crippen molar-refractivity contribution < 1.29 is 14.4 Å². The van der Waals surface area contributed by atoms with Gasteiger partial charge in [0.05, 0.1) is 11.4 Å². The first kappa shape index (κ1) is 16.5. The molecular weight excluding hydrogens is 316 g/mol. The number of anilines is 2. The molecule has 0 saturated carbocycles. The minimum Gasteiger partial charge on any atom is -0.342 e. The zero-order valence-electron chi connectivity index (χ0n) is 12.4. The van der Waals surface area contributed by atoms with E-state index in [1.807, 2.05) is 0 Å². The molecule has 0 aliphatic rings. The lowest BCUT2D eigenvalue weighted by Crippen LogP contribution is -2.32. The Morgan fingerprint density at radius 1 is 1.00 bits per heavy atom. The molecule has 0 radical (unpaired) electrons. The summed E-state index contributed by atoms with van der Waals surface area (Å²) in [5.41, 5.74) is 1.18. The molecule has 4 N–H and O–H groups in total. The Balaban J connectivity index is 1.81. The molecule has 7 nitrogen and oxygen atoms in total. The lowest BCUT2D eigenvalue weighted by Gasteiger charge is -2.08. The molecule has 0 unspecified atom stereocenters. The summed E-state index contributed by atoms with van der Waals surface area (Å²) in [6, 6.07) is 9.78. The van der Waals surface area contributed by atoms with Gasteiger partial charge in [-0.25, -0.2) is 4.79 Å². The van der Waals surface area contributed by atoms with Gasteiger partial charge in [0.1, 0.15) is 0 Å². The molecule has 23 heavy (non-hydrogen) atoms. The highest BCUT2D eigenvalue weighted by atomic mass is 32.1. The molecule has 0 saturated heterocycles. The van der Waals surface area contributed by atoms with E-state index in [1.165, 1.54) is 18.4 Å². The van der Waals surface area contributed by atoms with Crippen molar-refractivity contribution >= 4 is 40.6 Å². The van der Waals surface area contributed by atoms with Crippen LogP contribution in [0.1, 0.15) is 9.67 Å². The predicted molar refractivity (Wildman–Crippen MR) is 89.8 cm³/mol. The average Bonchev–Trinajstić information content (AvgIpc) is 3.09. The van der Waals surface area contributed by atoms with E-state index in [2.05, 4.69) is 21.3 Å². The first-order valence-corrected chi connectivity index (χ1v) is 7.67. The third kappa shape index (κ3) is 5.11. The number of hydrogen-bond donors (Lipinski definition) is 4. The van der Waals surface area contributed by atoms with Crippen molar-refractivity contribution in [1.82, 2.24) is 10.6 Å². The molecule has 120 valence electrons. The van der Waals surface area contributed by atoms with E-state index >= 15 is 0 Å². The van der Waals surface area contributed by atoms with Crippen LogP contribution < -0.4 is 21.3 Å². The summed E-state index contributed by atoms with van der Waals surface area (Å²) in [6.45, 7) is -0.116. The van der Waals surface area contributed by atoms with Crippen LogP contribution in [-0.2, 0) is 4.79 Å². The summed E-state index contributed by atoms with van der Waals surface area (Å²) in [5.74, 6) is -0.609. The number of nitrogens with one attached hydrogen (secondary N) is 4. The first-order valence-electron chi connectivity index (χ1n) is 6.79. The van der Waals surface area contributed by atoms with Crippen molar-refractivity contribution in [3.8, 4) is 0 Å². The number of urea groups is 1. The Kier molecular flexibility index (Phi) is 5.70. The molecule has 0 aliphatic carbocycles. The van der Waals surface area contributed by atoms with Gasteiger partial charge in [0, 0.05) is 18.4 Å². The molecule has 0 fully saturated rings. The minimum atomic E-state index is -0.332. The Labute approximate surface area is 137 Å². The van der Waals surface area contributed by atoms with Crippen LogP contribution in [0, 0.1) is 0 Å². The monoisotopic (exact) mass is 332 g/mol. The maximum absolute atomic E-state index is 11.8. The van der Waals surface area contributed by atoms with Crippen LogP contribution in [0.5, 0.6) is 0 Å². The van der Waals surface area contributed by atoms with Crippen LogP contribution in [0.15, 0.2) is 41.8 Å². The molecule has 2 rings (SSSR count). The molecular formula is C15H16N4O3S. The van der Waals surface area contributed by atoms with Crippen molar-refractivity contribution in [1.29, 1.82) is 0 Å². The molecule has 0 atom stereocenters. The number of amides is 4. The van der Waals surface area contributed by atoms with Crippen LogP contribution >= 0.6 is 11.3 Å². The minimum absolute atomic E-state index is 0.116. The van der Waals surface area contributed by atoms with Gasteiger partial charge >= 0.3 is 6.03 Å². The Hall–Kier alpha value is -2.87. The third-order valence-corrected chi connectivity index (χ3v) is 3.68. The SMILES string of the molecule is CNC(=O)Nc1ccc(NC(=O)CNC(=O)c2cccs2)cc1. The van der Waals surface area contributed by atoms with Crippen molar-refractivity contribution in [2.75, 3.05) is 24.2 Å². The van der Waals surface area contributed by atoms with E-state index in [0.717, 1.165) is 0 Å². The highest BCUT2D eigenvalue weighted by molar-refractivity contribution is 7.12. The van der Waals surface area contributed by atoms with E-state index in [1.54, 1.807) is 41.8 Å². The summed E-state index contributed by atoms with van der Waals surface area (Å²) in [7, 11) is 1.52. The lowest BCUT2D eigenvalue weighted by molar-refractivity contribution is -0.115. The van der Waals surface area contributed by atoms with E-state index in [4.69, 9.17) is 0 Å². The van der Waals surface area contributed by atoms with Crippen LogP contribution in [0.2, 0.25) is 0 Å². The maximum Gasteiger partial charge on any atom is 0.318 e. The predicted octanol–water partition coefficient (Wildman–Crippen LogP) is 1.87. The fourth-order valence-corrected chi connectivity index (χ4v) is 2.33. The second-order valence-electron chi connectivity index (χ2n) is 4.49. The Morgan fingerprint density at radius 2 is 1.65 bits per heavy atom. The van der Waals surface area contributed by atoms with E-state index in [9.17, 15) is 14.4 Å². The number of benzene rings is 1.